The normalized spacial score (nSPS) is 10.4. The standard InChI is InChI=1S/C18H16ClN3O5/c1-24-13-6-5-11(8-12(13)19)18(23)20-17-16(21-27-22-17)10-4-7-14(25-2)15(9-10)26-3/h4-9H,1-3H3,(H,20,22,23). The van der Waals surface area contributed by atoms with E-state index < -0.39 is 5.91 Å². The summed E-state index contributed by atoms with van der Waals surface area (Å²) in [5.41, 5.74) is 1.32. The number of rotatable bonds is 6. The number of amides is 1. The molecule has 0 unspecified atom stereocenters. The van der Waals surface area contributed by atoms with Crippen molar-refractivity contribution in [2.75, 3.05) is 26.6 Å². The Bertz CT molecular complexity index is 973. The van der Waals surface area contributed by atoms with Gasteiger partial charge in [-0.1, -0.05) is 11.6 Å². The van der Waals surface area contributed by atoms with E-state index in [-0.39, 0.29) is 5.82 Å². The monoisotopic (exact) mass is 389 g/mol. The average Bonchev–Trinajstić information content (AvgIpc) is 3.15. The van der Waals surface area contributed by atoms with Crippen molar-refractivity contribution in [1.82, 2.24) is 10.3 Å². The Balaban J connectivity index is 1.87. The second-order valence-corrected chi connectivity index (χ2v) is 5.74. The van der Waals surface area contributed by atoms with Crippen LogP contribution in [0.5, 0.6) is 17.2 Å². The molecule has 0 aliphatic rings. The molecule has 1 amide bonds. The molecule has 0 radical (unpaired) electrons. The number of aromatic nitrogens is 2. The molecular weight excluding hydrogens is 374 g/mol. The summed E-state index contributed by atoms with van der Waals surface area (Å²) in [7, 11) is 4.57. The maximum absolute atomic E-state index is 12.5. The molecule has 27 heavy (non-hydrogen) atoms. The van der Waals surface area contributed by atoms with Crippen LogP contribution in [-0.4, -0.2) is 37.5 Å². The first-order valence-corrected chi connectivity index (χ1v) is 8.15. The number of halogens is 1. The first-order chi connectivity index (χ1) is 13.1. The third kappa shape index (κ3) is 3.80. The van der Waals surface area contributed by atoms with Gasteiger partial charge in [-0.25, -0.2) is 4.63 Å². The number of hydrogen-bond acceptors (Lipinski definition) is 7. The molecule has 8 nitrogen and oxygen atoms in total. The van der Waals surface area contributed by atoms with Crippen molar-refractivity contribution < 1.29 is 23.6 Å². The third-order valence-electron chi connectivity index (χ3n) is 3.79. The quantitative estimate of drug-likeness (QED) is 0.687. The fourth-order valence-electron chi connectivity index (χ4n) is 2.43. The molecule has 1 heterocycles. The van der Waals surface area contributed by atoms with E-state index >= 15 is 0 Å². The van der Waals surface area contributed by atoms with E-state index in [0.29, 0.717) is 39.1 Å². The number of nitrogens with one attached hydrogen (secondary N) is 1. The van der Waals surface area contributed by atoms with Gasteiger partial charge in [-0.3, -0.25) is 4.79 Å². The zero-order chi connectivity index (χ0) is 19.4. The van der Waals surface area contributed by atoms with Crippen molar-refractivity contribution >= 4 is 23.3 Å². The van der Waals surface area contributed by atoms with Crippen LogP contribution < -0.4 is 19.5 Å². The summed E-state index contributed by atoms with van der Waals surface area (Å²) in [4.78, 5) is 12.5. The predicted molar refractivity (Wildman–Crippen MR) is 98.8 cm³/mol. The zero-order valence-corrected chi connectivity index (χ0v) is 15.5. The Morgan fingerprint density at radius 1 is 0.963 bits per heavy atom. The van der Waals surface area contributed by atoms with Crippen LogP contribution in [0.2, 0.25) is 5.02 Å². The lowest BCUT2D eigenvalue weighted by atomic mass is 10.1. The van der Waals surface area contributed by atoms with Crippen LogP contribution in [0.15, 0.2) is 41.0 Å². The fraction of sp³-hybridized carbons (Fsp3) is 0.167. The van der Waals surface area contributed by atoms with E-state index in [1.54, 1.807) is 37.4 Å². The molecular formula is C18H16ClN3O5. The Hall–Kier alpha value is -3.26. The maximum Gasteiger partial charge on any atom is 0.257 e. The van der Waals surface area contributed by atoms with Gasteiger partial charge < -0.3 is 19.5 Å². The Kier molecular flexibility index (Phi) is 5.46. The van der Waals surface area contributed by atoms with E-state index in [1.165, 1.54) is 20.3 Å². The number of anilines is 1. The van der Waals surface area contributed by atoms with Gasteiger partial charge in [-0.2, -0.15) is 0 Å². The highest BCUT2D eigenvalue weighted by Gasteiger charge is 2.18. The second kappa shape index (κ2) is 7.96. The van der Waals surface area contributed by atoms with Crippen LogP contribution in [0, 0.1) is 0 Å². The highest BCUT2D eigenvalue weighted by Crippen LogP contribution is 2.34. The number of carbonyl (C=O) groups is 1. The highest BCUT2D eigenvalue weighted by molar-refractivity contribution is 6.32. The summed E-state index contributed by atoms with van der Waals surface area (Å²) >= 11 is 6.07. The minimum absolute atomic E-state index is 0.166. The molecule has 3 aromatic rings. The number of nitrogens with zero attached hydrogens (tertiary/aromatic N) is 2. The molecule has 0 aliphatic carbocycles. The van der Waals surface area contributed by atoms with E-state index in [1.807, 2.05) is 0 Å². The van der Waals surface area contributed by atoms with E-state index in [2.05, 4.69) is 15.6 Å². The van der Waals surface area contributed by atoms with Gasteiger partial charge in [-0.05, 0) is 46.7 Å². The molecule has 0 saturated carbocycles. The molecule has 140 valence electrons. The van der Waals surface area contributed by atoms with Crippen molar-refractivity contribution in [1.29, 1.82) is 0 Å². The van der Waals surface area contributed by atoms with Crippen LogP contribution in [0.4, 0.5) is 5.82 Å². The van der Waals surface area contributed by atoms with Gasteiger partial charge in [0.05, 0.1) is 26.4 Å². The first-order valence-electron chi connectivity index (χ1n) is 7.77. The Morgan fingerprint density at radius 3 is 2.33 bits per heavy atom. The van der Waals surface area contributed by atoms with Gasteiger partial charge in [0.1, 0.15) is 5.75 Å². The molecule has 0 saturated heterocycles. The van der Waals surface area contributed by atoms with Gasteiger partial charge in [0.2, 0.25) is 5.82 Å². The summed E-state index contributed by atoms with van der Waals surface area (Å²) in [6.07, 6.45) is 0. The zero-order valence-electron chi connectivity index (χ0n) is 14.8. The largest absolute Gasteiger partial charge is 0.495 e. The summed E-state index contributed by atoms with van der Waals surface area (Å²) in [6.45, 7) is 0. The molecule has 2 aromatic carbocycles. The van der Waals surface area contributed by atoms with E-state index in [0.717, 1.165) is 0 Å². The van der Waals surface area contributed by atoms with Crippen LogP contribution in [0.25, 0.3) is 11.3 Å². The van der Waals surface area contributed by atoms with Crippen molar-refractivity contribution in [3.8, 4) is 28.5 Å². The van der Waals surface area contributed by atoms with Crippen molar-refractivity contribution in [3.05, 3.63) is 47.0 Å². The van der Waals surface area contributed by atoms with Crippen molar-refractivity contribution in [3.63, 3.8) is 0 Å². The maximum atomic E-state index is 12.5. The van der Waals surface area contributed by atoms with E-state index in [4.69, 9.17) is 30.4 Å². The molecule has 0 atom stereocenters. The molecule has 0 bridgehead atoms. The molecule has 1 aromatic heterocycles. The summed E-state index contributed by atoms with van der Waals surface area (Å²) in [6, 6.07) is 9.87. The molecule has 0 fully saturated rings. The molecule has 9 heteroatoms. The Morgan fingerprint density at radius 2 is 1.67 bits per heavy atom. The van der Waals surface area contributed by atoms with Crippen molar-refractivity contribution in [2.24, 2.45) is 0 Å². The van der Waals surface area contributed by atoms with Crippen LogP contribution in [0.1, 0.15) is 10.4 Å². The molecule has 0 spiro atoms. The number of ether oxygens (including phenoxy) is 3. The average molecular weight is 390 g/mol. The summed E-state index contributed by atoms with van der Waals surface area (Å²) < 4.78 is 20.4. The lowest BCUT2D eigenvalue weighted by molar-refractivity contribution is 0.102. The van der Waals surface area contributed by atoms with Crippen LogP contribution >= 0.6 is 11.6 Å². The molecule has 1 N–H and O–H groups in total. The minimum atomic E-state index is -0.419. The smallest absolute Gasteiger partial charge is 0.257 e. The minimum Gasteiger partial charge on any atom is -0.495 e. The topological polar surface area (TPSA) is 95.7 Å². The predicted octanol–water partition coefficient (Wildman–Crippen LogP) is 3.67. The van der Waals surface area contributed by atoms with Gasteiger partial charge in [0, 0.05) is 11.1 Å². The lowest BCUT2D eigenvalue weighted by Crippen LogP contribution is -2.13. The Labute approximate surface area is 159 Å². The van der Waals surface area contributed by atoms with Gasteiger partial charge >= 0.3 is 0 Å². The van der Waals surface area contributed by atoms with Gasteiger partial charge in [-0.15, -0.1) is 0 Å². The first kappa shape index (κ1) is 18.5. The summed E-state index contributed by atoms with van der Waals surface area (Å²) in [5, 5.41) is 10.6. The van der Waals surface area contributed by atoms with Crippen molar-refractivity contribution in [2.45, 2.75) is 0 Å². The SMILES string of the molecule is COc1ccc(C(=O)Nc2nonc2-c2ccc(OC)c(OC)c2)cc1Cl. The second-order valence-electron chi connectivity index (χ2n) is 5.33. The lowest BCUT2D eigenvalue weighted by Gasteiger charge is -2.09. The van der Waals surface area contributed by atoms with Gasteiger partial charge in [0.15, 0.2) is 17.2 Å². The number of hydrogen-bond donors (Lipinski definition) is 1. The van der Waals surface area contributed by atoms with Crippen LogP contribution in [0.3, 0.4) is 0 Å². The molecule has 3 rings (SSSR count). The number of carbonyl (C=O) groups excluding carboxylic acids is 1. The van der Waals surface area contributed by atoms with E-state index in [9.17, 15) is 4.79 Å². The molecule has 0 aliphatic heterocycles. The number of benzene rings is 2. The van der Waals surface area contributed by atoms with Crippen LogP contribution in [-0.2, 0) is 0 Å². The third-order valence-corrected chi connectivity index (χ3v) is 4.09. The highest BCUT2D eigenvalue weighted by atomic mass is 35.5. The van der Waals surface area contributed by atoms with Gasteiger partial charge in [0.25, 0.3) is 5.91 Å². The fourth-order valence-corrected chi connectivity index (χ4v) is 2.69. The number of methoxy groups -OCH3 is 3. The summed E-state index contributed by atoms with van der Waals surface area (Å²) in [5.74, 6) is 1.30.